The Balaban J connectivity index is 1.57. The molecule has 0 bridgehead atoms. The van der Waals surface area contributed by atoms with Gasteiger partial charge >= 0.3 is 0 Å². The number of aromatic amines is 1. The summed E-state index contributed by atoms with van der Waals surface area (Å²) in [6.07, 6.45) is 6.05. The highest BCUT2D eigenvalue weighted by Gasteiger charge is 2.32. The third kappa shape index (κ3) is 4.58. The minimum atomic E-state index is -0.260. The first kappa shape index (κ1) is 19.8. The van der Waals surface area contributed by atoms with Crippen molar-refractivity contribution >= 4 is 23.2 Å². The predicted octanol–water partition coefficient (Wildman–Crippen LogP) is 2.95. The number of likely N-dealkylation sites (tertiary alicyclic amines) is 2. The van der Waals surface area contributed by atoms with Crippen LogP contribution in [0.15, 0.2) is 27.7 Å². The molecule has 4 heterocycles. The molecule has 0 aromatic carbocycles. The van der Waals surface area contributed by atoms with Gasteiger partial charge in [-0.3, -0.25) is 14.4 Å². The van der Waals surface area contributed by atoms with Crippen LogP contribution in [0.25, 0.3) is 11.3 Å². The summed E-state index contributed by atoms with van der Waals surface area (Å²) >= 11 is 1.55. The second-order valence-electron chi connectivity index (χ2n) is 7.75. The van der Waals surface area contributed by atoms with Gasteiger partial charge in [-0.1, -0.05) is 6.42 Å². The van der Waals surface area contributed by atoms with Gasteiger partial charge in [0.1, 0.15) is 5.82 Å². The smallest absolute Gasteiger partial charge is 0.251 e. The van der Waals surface area contributed by atoms with Gasteiger partial charge in [0.05, 0.1) is 18.3 Å². The van der Waals surface area contributed by atoms with Gasteiger partial charge in [0, 0.05) is 36.5 Å². The Labute approximate surface area is 173 Å². The lowest BCUT2D eigenvalue weighted by Crippen LogP contribution is -2.46. The van der Waals surface area contributed by atoms with E-state index in [1.54, 1.807) is 21.1 Å². The van der Waals surface area contributed by atoms with Crippen LogP contribution < -0.4 is 5.56 Å². The van der Waals surface area contributed by atoms with E-state index in [9.17, 15) is 14.4 Å². The molecule has 2 aromatic rings. The van der Waals surface area contributed by atoms with E-state index < -0.39 is 0 Å². The Morgan fingerprint density at radius 1 is 1.17 bits per heavy atom. The van der Waals surface area contributed by atoms with E-state index in [4.69, 9.17) is 0 Å². The molecule has 2 aliphatic rings. The molecule has 154 valence electrons. The number of piperidine rings is 1. The number of rotatable bonds is 4. The lowest BCUT2D eigenvalue weighted by molar-refractivity contribution is -0.142. The topological polar surface area (TPSA) is 86.4 Å². The number of amides is 2. The number of hydrogen-bond donors (Lipinski definition) is 1. The van der Waals surface area contributed by atoms with Crippen LogP contribution in [0.2, 0.25) is 0 Å². The van der Waals surface area contributed by atoms with Crippen molar-refractivity contribution < 1.29 is 9.59 Å². The Bertz CT molecular complexity index is 924. The second-order valence-corrected chi connectivity index (χ2v) is 8.53. The summed E-state index contributed by atoms with van der Waals surface area (Å²) in [5.74, 6) is 0.540. The first-order chi connectivity index (χ1) is 14.1. The standard InChI is InChI=1S/C21H26N4O3S/c26-18-12-16(15-8-11-29-14-15)22-21(23-18)17-6-3-5-10-25(17)20(28)13-24-9-4-1-2-7-19(24)27/h8,11-12,14,17H,1-7,9-10,13H2,(H,22,23,26)/t17-/m1/s1. The minimum Gasteiger partial charge on any atom is -0.333 e. The van der Waals surface area contributed by atoms with Crippen LogP contribution in [0.4, 0.5) is 0 Å². The zero-order valence-corrected chi connectivity index (χ0v) is 17.2. The SMILES string of the molecule is O=C1CCCCCN1CC(=O)N1CCCC[C@@H]1c1nc(-c2ccsc2)cc(=O)[nH]1. The van der Waals surface area contributed by atoms with E-state index in [0.29, 0.717) is 31.0 Å². The number of aromatic nitrogens is 2. The predicted molar refractivity (Wildman–Crippen MR) is 112 cm³/mol. The Hall–Kier alpha value is -2.48. The number of hydrogen-bond acceptors (Lipinski definition) is 5. The van der Waals surface area contributed by atoms with Crippen molar-refractivity contribution in [2.75, 3.05) is 19.6 Å². The van der Waals surface area contributed by atoms with E-state index in [2.05, 4.69) is 9.97 Å². The molecule has 2 saturated heterocycles. The van der Waals surface area contributed by atoms with Gasteiger partial charge in [-0.05, 0) is 43.6 Å². The molecule has 0 aliphatic carbocycles. The van der Waals surface area contributed by atoms with Crippen molar-refractivity contribution in [1.82, 2.24) is 19.8 Å². The molecule has 2 amide bonds. The molecule has 0 radical (unpaired) electrons. The van der Waals surface area contributed by atoms with E-state index in [1.165, 1.54) is 6.07 Å². The Morgan fingerprint density at radius 3 is 2.86 bits per heavy atom. The summed E-state index contributed by atoms with van der Waals surface area (Å²) in [5.41, 5.74) is 1.33. The molecular formula is C21H26N4O3S. The monoisotopic (exact) mass is 414 g/mol. The van der Waals surface area contributed by atoms with Gasteiger partial charge in [-0.25, -0.2) is 4.98 Å². The number of nitrogens with one attached hydrogen (secondary N) is 1. The molecule has 29 heavy (non-hydrogen) atoms. The first-order valence-electron chi connectivity index (χ1n) is 10.3. The van der Waals surface area contributed by atoms with Crippen LogP contribution in [-0.2, 0) is 9.59 Å². The minimum absolute atomic E-state index is 0.0615. The van der Waals surface area contributed by atoms with Crippen LogP contribution in [0.1, 0.15) is 56.8 Å². The Morgan fingerprint density at radius 2 is 2.03 bits per heavy atom. The van der Waals surface area contributed by atoms with Gasteiger partial charge in [-0.15, -0.1) is 0 Å². The van der Waals surface area contributed by atoms with Gasteiger partial charge in [0.25, 0.3) is 5.56 Å². The quantitative estimate of drug-likeness (QED) is 0.833. The summed E-state index contributed by atoms with van der Waals surface area (Å²) < 4.78 is 0. The Kier molecular flexibility index (Phi) is 6.08. The number of H-pyrrole nitrogens is 1. The highest BCUT2D eigenvalue weighted by atomic mass is 32.1. The molecule has 0 spiro atoms. The van der Waals surface area contributed by atoms with E-state index in [1.807, 2.05) is 16.8 Å². The molecule has 2 aliphatic heterocycles. The van der Waals surface area contributed by atoms with Crippen LogP contribution in [0.5, 0.6) is 0 Å². The molecule has 4 rings (SSSR count). The zero-order chi connectivity index (χ0) is 20.2. The van der Waals surface area contributed by atoms with Gasteiger partial charge in [0.2, 0.25) is 11.8 Å². The number of nitrogens with zero attached hydrogens (tertiary/aromatic N) is 3. The van der Waals surface area contributed by atoms with Crippen molar-refractivity contribution in [2.45, 2.75) is 51.0 Å². The first-order valence-corrected chi connectivity index (χ1v) is 11.3. The fraction of sp³-hybridized carbons (Fsp3) is 0.524. The van der Waals surface area contributed by atoms with E-state index in [0.717, 1.165) is 44.1 Å². The maximum absolute atomic E-state index is 13.1. The van der Waals surface area contributed by atoms with Crippen LogP contribution in [0, 0.1) is 0 Å². The van der Waals surface area contributed by atoms with Crippen molar-refractivity contribution in [1.29, 1.82) is 0 Å². The summed E-state index contributed by atoms with van der Waals surface area (Å²) in [5, 5.41) is 3.91. The van der Waals surface area contributed by atoms with Crippen molar-refractivity contribution in [3.63, 3.8) is 0 Å². The number of carbonyl (C=O) groups excluding carboxylic acids is 2. The summed E-state index contributed by atoms with van der Waals surface area (Å²) in [7, 11) is 0. The fourth-order valence-corrected chi connectivity index (χ4v) is 4.82. The normalized spacial score (nSPS) is 20.6. The van der Waals surface area contributed by atoms with Crippen LogP contribution in [0.3, 0.4) is 0 Å². The summed E-state index contributed by atoms with van der Waals surface area (Å²) in [4.78, 5) is 48.7. The average molecular weight is 415 g/mol. The van der Waals surface area contributed by atoms with Crippen molar-refractivity contribution in [3.8, 4) is 11.3 Å². The average Bonchev–Trinajstić information content (AvgIpc) is 3.19. The lowest BCUT2D eigenvalue weighted by atomic mass is 10.0. The highest BCUT2D eigenvalue weighted by Crippen LogP contribution is 2.30. The van der Waals surface area contributed by atoms with Crippen LogP contribution >= 0.6 is 11.3 Å². The third-order valence-electron chi connectivity index (χ3n) is 5.71. The van der Waals surface area contributed by atoms with Crippen molar-refractivity contribution in [3.05, 3.63) is 39.1 Å². The molecule has 0 saturated carbocycles. The van der Waals surface area contributed by atoms with E-state index >= 15 is 0 Å². The maximum atomic E-state index is 13.1. The molecule has 1 N–H and O–H groups in total. The summed E-state index contributed by atoms with van der Waals surface area (Å²) in [6, 6.07) is 3.17. The third-order valence-corrected chi connectivity index (χ3v) is 6.40. The molecule has 2 fully saturated rings. The fourth-order valence-electron chi connectivity index (χ4n) is 4.17. The molecular weight excluding hydrogens is 388 g/mol. The van der Waals surface area contributed by atoms with Crippen molar-refractivity contribution in [2.24, 2.45) is 0 Å². The number of thiophene rings is 1. The largest absolute Gasteiger partial charge is 0.333 e. The molecule has 1 atom stereocenters. The maximum Gasteiger partial charge on any atom is 0.251 e. The second kappa shape index (κ2) is 8.90. The van der Waals surface area contributed by atoms with Gasteiger partial charge < -0.3 is 14.8 Å². The molecule has 0 unspecified atom stereocenters. The highest BCUT2D eigenvalue weighted by molar-refractivity contribution is 7.08. The number of carbonyl (C=O) groups is 2. The van der Waals surface area contributed by atoms with E-state index in [-0.39, 0.29) is 30.0 Å². The van der Waals surface area contributed by atoms with Gasteiger partial charge in [0.15, 0.2) is 0 Å². The molecule has 7 nitrogen and oxygen atoms in total. The lowest BCUT2D eigenvalue weighted by Gasteiger charge is -2.36. The molecule has 8 heteroatoms. The van der Waals surface area contributed by atoms with Crippen LogP contribution in [-0.4, -0.2) is 51.2 Å². The van der Waals surface area contributed by atoms with Gasteiger partial charge in [-0.2, -0.15) is 11.3 Å². The molecule has 2 aromatic heterocycles. The summed E-state index contributed by atoms with van der Waals surface area (Å²) in [6.45, 7) is 1.38. The zero-order valence-electron chi connectivity index (χ0n) is 16.4.